The summed E-state index contributed by atoms with van der Waals surface area (Å²) in [4.78, 5) is 8.33. The number of nitrogens with two attached hydrogens (primary N) is 1. The van der Waals surface area contributed by atoms with Crippen molar-refractivity contribution in [3.05, 3.63) is 11.3 Å². The van der Waals surface area contributed by atoms with E-state index < -0.39 is 0 Å². The van der Waals surface area contributed by atoms with Crippen LogP contribution in [-0.4, -0.2) is 22.8 Å². The zero-order valence-electron chi connectivity index (χ0n) is 7.41. The molecule has 0 aromatic carbocycles. The van der Waals surface area contributed by atoms with Gasteiger partial charge in [0, 0.05) is 18.4 Å². The molecule has 0 spiro atoms. The van der Waals surface area contributed by atoms with Crippen LogP contribution in [0.5, 0.6) is 0 Å². The number of rotatable bonds is 2. The maximum Gasteiger partial charge on any atom is 0.221 e. The molecular weight excluding hydrogens is 186 g/mol. The number of ether oxygens (including phenoxy) is 1. The van der Waals surface area contributed by atoms with Crippen LogP contribution in [0.2, 0.25) is 0 Å². The molecule has 0 aliphatic carbocycles. The van der Waals surface area contributed by atoms with Crippen LogP contribution in [0, 0.1) is 0 Å². The molecule has 1 aliphatic heterocycles. The molecule has 2 rings (SSSR count). The molecule has 0 saturated carbocycles. The van der Waals surface area contributed by atoms with E-state index in [0.29, 0.717) is 12.6 Å². The van der Waals surface area contributed by atoms with Gasteiger partial charge in [0.2, 0.25) is 5.95 Å². The first kappa shape index (κ1) is 8.77. The van der Waals surface area contributed by atoms with Gasteiger partial charge in [-0.3, -0.25) is 0 Å². The fourth-order valence-electron chi connectivity index (χ4n) is 1.40. The van der Waals surface area contributed by atoms with Crippen molar-refractivity contribution in [3.63, 3.8) is 0 Å². The Bertz CT molecular complexity index is 329. The van der Waals surface area contributed by atoms with Gasteiger partial charge in [-0.15, -0.1) is 11.8 Å². The first-order valence-electron chi connectivity index (χ1n) is 4.08. The summed E-state index contributed by atoms with van der Waals surface area (Å²) in [6, 6.07) is 0. The van der Waals surface area contributed by atoms with Crippen LogP contribution in [0.1, 0.15) is 11.3 Å². The Balaban J connectivity index is 2.43. The van der Waals surface area contributed by atoms with Gasteiger partial charge in [-0.1, -0.05) is 0 Å². The van der Waals surface area contributed by atoms with Gasteiger partial charge in [0.1, 0.15) is 5.03 Å². The van der Waals surface area contributed by atoms with E-state index in [-0.39, 0.29) is 0 Å². The average molecular weight is 197 g/mol. The van der Waals surface area contributed by atoms with Crippen LogP contribution < -0.4 is 5.73 Å². The third-order valence-electron chi connectivity index (χ3n) is 1.94. The van der Waals surface area contributed by atoms with Gasteiger partial charge >= 0.3 is 0 Å². The first-order valence-corrected chi connectivity index (χ1v) is 5.07. The van der Waals surface area contributed by atoms with Crippen LogP contribution in [0.15, 0.2) is 5.03 Å². The quantitative estimate of drug-likeness (QED) is 0.712. The lowest BCUT2D eigenvalue weighted by atomic mass is 10.2. The number of nitrogen functional groups attached to an aromatic ring is 1. The second-order valence-corrected chi connectivity index (χ2v) is 3.93. The lowest BCUT2D eigenvalue weighted by molar-refractivity contribution is 0.180. The van der Waals surface area contributed by atoms with Crippen LogP contribution in [0.3, 0.4) is 0 Å². The second kappa shape index (κ2) is 3.51. The van der Waals surface area contributed by atoms with Crippen LogP contribution in [0.25, 0.3) is 0 Å². The van der Waals surface area contributed by atoms with Gasteiger partial charge in [0.25, 0.3) is 0 Å². The van der Waals surface area contributed by atoms with Crippen molar-refractivity contribution in [2.24, 2.45) is 0 Å². The lowest BCUT2D eigenvalue weighted by Gasteiger charge is -2.05. The van der Waals surface area contributed by atoms with Gasteiger partial charge < -0.3 is 10.5 Å². The van der Waals surface area contributed by atoms with E-state index in [1.165, 1.54) is 5.56 Å². The third kappa shape index (κ3) is 1.62. The summed E-state index contributed by atoms with van der Waals surface area (Å²) in [6.45, 7) is 0.523. The van der Waals surface area contributed by atoms with Crippen LogP contribution in [-0.2, 0) is 17.8 Å². The molecule has 0 amide bonds. The highest BCUT2D eigenvalue weighted by Crippen LogP contribution is 2.31. The number of anilines is 1. The van der Waals surface area contributed by atoms with E-state index in [1.54, 1.807) is 18.9 Å². The summed E-state index contributed by atoms with van der Waals surface area (Å²) in [7, 11) is 1.66. The Labute approximate surface area is 80.9 Å². The summed E-state index contributed by atoms with van der Waals surface area (Å²) in [6.07, 6.45) is 1.03. The molecule has 0 atom stereocenters. The molecule has 2 heterocycles. The number of fused-ring (bicyclic) bond motifs is 1. The van der Waals surface area contributed by atoms with Crippen molar-refractivity contribution in [2.75, 3.05) is 18.6 Å². The molecule has 0 unspecified atom stereocenters. The van der Waals surface area contributed by atoms with Gasteiger partial charge in [-0.2, -0.15) is 0 Å². The number of thioether (sulfide) groups is 1. The van der Waals surface area contributed by atoms with E-state index in [1.807, 2.05) is 0 Å². The van der Waals surface area contributed by atoms with Crippen molar-refractivity contribution in [1.82, 2.24) is 9.97 Å². The molecule has 0 saturated heterocycles. The molecule has 4 nitrogen and oxygen atoms in total. The van der Waals surface area contributed by atoms with Crippen molar-refractivity contribution >= 4 is 17.7 Å². The molecule has 5 heteroatoms. The molecule has 0 fully saturated rings. The molecular formula is C8H11N3OS. The standard InChI is InChI=1S/C8H11N3OS/c1-12-4-6-5-2-3-13-7(5)11-8(9)10-6/h2-4H2,1H3,(H2,9,10,11). The average Bonchev–Trinajstić information content (AvgIpc) is 2.52. The molecule has 13 heavy (non-hydrogen) atoms. The Morgan fingerprint density at radius 1 is 1.54 bits per heavy atom. The topological polar surface area (TPSA) is 61.0 Å². The van der Waals surface area contributed by atoms with Crippen molar-refractivity contribution < 1.29 is 4.74 Å². The van der Waals surface area contributed by atoms with E-state index in [4.69, 9.17) is 10.5 Å². The summed E-state index contributed by atoms with van der Waals surface area (Å²) in [5.74, 6) is 1.42. The maximum absolute atomic E-state index is 5.57. The van der Waals surface area contributed by atoms with Crippen LogP contribution >= 0.6 is 11.8 Å². The summed E-state index contributed by atoms with van der Waals surface area (Å²) >= 11 is 1.74. The minimum Gasteiger partial charge on any atom is -0.378 e. The molecule has 1 aromatic heterocycles. The van der Waals surface area contributed by atoms with E-state index >= 15 is 0 Å². The van der Waals surface area contributed by atoms with E-state index in [9.17, 15) is 0 Å². The van der Waals surface area contributed by atoms with Gasteiger partial charge in [0.15, 0.2) is 0 Å². The monoisotopic (exact) mass is 197 g/mol. The molecule has 2 N–H and O–H groups in total. The molecule has 1 aromatic rings. The number of aromatic nitrogens is 2. The Kier molecular flexibility index (Phi) is 2.37. The van der Waals surface area contributed by atoms with Crippen molar-refractivity contribution in [1.29, 1.82) is 0 Å². The highest BCUT2D eigenvalue weighted by Gasteiger charge is 2.18. The maximum atomic E-state index is 5.57. The first-order chi connectivity index (χ1) is 6.31. The second-order valence-electron chi connectivity index (χ2n) is 2.84. The van der Waals surface area contributed by atoms with Gasteiger partial charge in [0.05, 0.1) is 12.3 Å². The van der Waals surface area contributed by atoms with E-state index in [0.717, 1.165) is 22.9 Å². The number of nitrogens with zero attached hydrogens (tertiary/aromatic N) is 2. The third-order valence-corrected chi connectivity index (χ3v) is 2.96. The van der Waals surface area contributed by atoms with Gasteiger partial charge in [-0.05, 0) is 6.42 Å². The van der Waals surface area contributed by atoms with Crippen LogP contribution in [0.4, 0.5) is 5.95 Å². The normalized spacial score (nSPS) is 14.5. The molecule has 70 valence electrons. The highest BCUT2D eigenvalue weighted by molar-refractivity contribution is 7.99. The summed E-state index contributed by atoms with van der Waals surface area (Å²) in [5.41, 5.74) is 7.72. The Morgan fingerprint density at radius 3 is 3.15 bits per heavy atom. The predicted molar refractivity (Wildman–Crippen MR) is 51.6 cm³/mol. The SMILES string of the molecule is COCc1nc(N)nc2c1CCS2. The summed E-state index contributed by atoms with van der Waals surface area (Å²) in [5, 5.41) is 1.03. The molecule has 1 aliphatic rings. The fourth-order valence-corrected chi connectivity index (χ4v) is 2.45. The van der Waals surface area contributed by atoms with Crippen molar-refractivity contribution in [3.8, 4) is 0 Å². The number of hydrogen-bond acceptors (Lipinski definition) is 5. The molecule has 0 radical (unpaired) electrons. The highest BCUT2D eigenvalue weighted by atomic mass is 32.2. The minimum atomic E-state index is 0.347. The summed E-state index contributed by atoms with van der Waals surface area (Å²) < 4.78 is 5.05. The Morgan fingerprint density at radius 2 is 2.38 bits per heavy atom. The number of methoxy groups -OCH3 is 1. The molecule has 0 bridgehead atoms. The Hall–Kier alpha value is -0.810. The van der Waals surface area contributed by atoms with E-state index in [2.05, 4.69) is 9.97 Å². The number of hydrogen-bond donors (Lipinski definition) is 1. The smallest absolute Gasteiger partial charge is 0.221 e. The fraction of sp³-hybridized carbons (Fsp3) is 0.500. The zero-order chi connectivity index (χ0) is 9.26. The lowest BCUT2D eigenvalue weighted by Crippen LogP contribution is -2.05. The van der Waals surface area contributed by atoms with Crippen molar-refractivity contribution in [2.45, 2.75) is 18.1 Å². The minimum absolute atomic E-state index is 0.347. The largest absolute Gasteiger partial charge is 0.378 e. The predicted octanol–water partition coefficient (Wildman–Crippen LogP) is 0.853. The zero-order valence-corrected chi connectivity index (χ0v) is 8.23. The van der Waals surface area contributed by atoms with Gasteiger partial charge in [-0.25, -0.2) is 9.97 Å².